The van der Waals surface area contributed by atoms with Gasteiger partial charge in [-0.2, -0.15) is 5.10 Å². The maximum atomic E-state index is 12.8. The second-order valence-electron chi connectivity index (χ2n) is 8.30. The quantitative estimate of drug-likeness (QED) is 0.741. The van der Waals surface area contributed by atoms with Gasteiger partial charge in [-0.1, -0.05) is 37.5 Å². The van der Waals surface area contributed by atoms with Crippen LogP contribution in [-0.4, -0.2) is 31.2 Å². The van der Waals surface area contributed by atoms with Gasteiger partial charge in [-0.3, -0.25) is 9.69 Å². The van der Waals surface area contributed by atoms with Crippen LogP contribution in [0, 0.1) is 0 Å². The number of rotatable bonds is 4. The second-order valence-corrected chi connectivity index (χ2v) is 8.30. The van der Waals surface area contributed by atoms with E-state index in [2.05, 4.69) is 21.2 Å². The Morgan fingerprint density at radius 1 is 1.10 bits per heavy atom. The molecular weight excluding hydrogens is 362 g/mol. The van der Waals surface area contributed by atoms with Crippen LogP contribution >= 0.6 is 0 Å². The van der Waals surface area contributed by atoms with Crippen LogP contribution in [0.4, 0.5) is 0 Å². The zero-order chi connectivity index (χ0) is 19.6. The third-order valence-electron chi connectivity index (χ3n) is 6.22. The molecule has 1 N–H and O–H groups in total. The summed E-state index contributed by atoms with van der Waals surface area (Å²) in [5, 5.41) is 4.49. The van der Waals surface area contributed by atoms with Crippen molar-refractivity contribution in [1.29, 1.82) is 0 Å². The average molecular weight is 390 g/mol. The molecule has 6 heteroatoms. The molecule has 6 nitrogen and oxygen atoms in total. The lowest BCUT2D eigenvalue weighted by Crippen LogP contribution is -2.36. The van der Waals surface area contributed by atoms with E-state index in [4.69, 9.17) is 4.98 Å². The normalized spacial score (nSPS) is 17.9. The van der Waals surface area contributed by atoms with Gasteiger partial charge < -0.3 is 4.98 Å². The number of hydrogen-bond donors (Lipinski definition) is 1. The molecule has 2 aliphatic rings. The molecule has 0 atom stereocenters. The first-order valence-electron chi connectivity index (χ1n) is 10.7. The van der Waals surface area contributed by atoms with Gasteiger partial charge >= 0.3 is 0 Å². The molecule has 0 saturated heterocycles. The summed E-state index contributed by atoms with van der Waals surface area (Å²) in [6.45, 7) is 2.36. The van der Waals surface area contributed by atoms with Gasteiger partial charge in [0.25, 0.3) is 5.56 Å². The summed E-state index contributed by atoms with van der Waals surface area (Å²) >= 11 is 0. The van der Waals surface area contributed by atoms with E-state index in [0.29, 0.717) is 12.5 Å². The smallest absolute Gasteiger partial charge is 0.255 e. The summed E-state index contributed by atoms with van der Waals surface area (Å²) in [4.78, 5) is 23.1. The number of nitrogens with one attached hydrogen (secondary N) is 1. The highest BCUT2D eigenvalue weighted by molar-refractivity contribution is 5.31. The summed E-state index contributed by atoms with van der Waals surface area (Å²) in [6.07, 6.45) is 10.9. The Morgan fingerprint density at radius 3 is 2.76 bits per heavy atom. The van der Waals surface area contributed by atoms with E-state index >= 15 is 0 Å². The number of H-pyrrole nitrogens is 1. The van der Waals surface area contributed by atoms with E-state index in [9.17, 15) is 4.79 Å². The van der Waals surface area contributed by atoms with Gasteiger partial charge in [0.2, 0.25) is 0 Å². The van der Waals surface area contributed by atoms with E-state index in [1.54, 1.807) is 0 Å². The van der Waals surface area contributed by atoms with E-state index in [1.165, 1.54) is 19.3 Å². The van der Waals surface area contributed by atoms with Gasteiger partial charge in [0.15, 0.2) is 0 Å². The Balaban J connectivity index is 1.30. The molecule has 29 heavy (non-hydrogen) atoms. The zero-order valence-electron chi connectivity index (χ0n) is 16.7. The molecule has 3 heterocycles. The molecule has 2 aromatic heterocycles. The highest BCUT2D eigenvalue weighted by Gasteiger charge is 2.24. The maximum Gasteiger partial charge on any atom is 0.255 e. The minimum atomic E-state index is 0.0558. The minimum absolute atomic E-state index is 0.0558. The molecular formula is C23H27N5O. The minimum Gasteiger partial charge on any atom is -0.310 e. The van der Waals surface area contributed by atoms with Crippen molar-refractivity contribution in [2.24, 2.45) is 0 Å². The number of hydrogen-bond acceptors (Lipinski definition) is 4. The van der Waals surface area contributed by atoms with Crippen LogP contribution in [0.15, 0.2) is 47.5 Å². The Kier molecular flexibility index (Phi) is 5.02. The largest absolute Gasteiger partial charge is 0.310 e. The predicted octanol–water partition coefficient (Wildman–Crippen LogP) is 3.56. The van der Waals surface area contributed by atoms with Gasteiger partial charge in [0, 0.05) is 43.7 Å². The number of aromatic nitrogens is 4. The van der Waals surface area contributed by atoms with Crippen molar-refractivity contribution in [2.45, 2.75) is 57.5 Å². The fourth-order valence-electron chi connectivity index (χ4n) is 4.63. The van der Waals surface area contributed by atoms with Crippen LogP contribution in [0.1, 0.15) is 60.7 Å². The van der Waals surface area contributed by atoms with Crippen molar-refractivity contribution in [1.82, 2.24) is 24.6 Å². The first-order chi connectivity index (χ1) is 14.3. The number of benzene rings is 1. The Morgan fingerprint density at radius 2 is 1.93 bits per heavy atom. The highest BCUT2D eigenvalue weighted by Crippen LogP contribution is 2.30. The number of nitrogens with zero attached hydrogens (tertiary/aromatic N) is 4. The Labute approximate surface area is 170 Å². The lowest BCUT2D eigenvalue weighted by molar-refractivity contribution is 0.241. The summed E-state index contributed by atoms with van der Waals surface area (Å²) in [5.41, 5.74) is 4.11. The molecule has 0 bridgehead atoms. The number of para-hydroxylation sites is 1. The molecule has 1 aliphatic carbocycles. The van der Waals surface area contributed by atoms with E-state index in [0.717, 1.165) is 60.7 Å². The fourth-order valence-corrected chi connectivity index (χ4v) is 4.63. The fraction of sp³-hybridized carbons (Fsp3) is 0.435. The van der Waals surface area contributed by atoms with Crippen LogP contribution in [0.3, 0.4) is 0 Å². The standard InChI is InChI=1S/C23H27N5O/c29-23-20-16-27(14-17-13-24-28(15-17)19-9-5-2-6-10-19)12-11-21(20)25-22(26-23)18-7-3-1-4-8-18/h2,5-6,9-10,13,15,18H,1,3-4,7-8,11-12,14,16H2,(H,25,26,29). The Bertz CT molecular complexity index is 1030. The third kappa shape index (κ3) is 3.90. The van der Waals surface area contributed by atoms with Crippen LogP contribution in [0.2, 0.25) is 0 Å². The SMILES string of the molecule is O=c1[nH]c(C2CCCCC2)nc2c1CN(Cc1cnn(-c3ccccc3)c1)CC2. The summed E-state index contributed by atoms with van der Waals surface area (Å²) < 4.78 is 1.90. The molecule has 1 aromatic carbocycles. The van der Waals surface area contributed by atoms with Crippen molar-refractivity contribution >= 4 is 0 Å². The number of aromatic amines is 1. The molecule has 1 saturated carbocycles. The van der Waals surface area contributed by atoms with Gasteiger partial charge in [0.1, 0.15) is 5.82 Å². The second kappa shape index (κ2) is 7.95. The molecule has 3 aromatic rings. The van der Waals surface area contributed by atoms with Crippen molar-refractivity contribution < 1.29 is 0 Å². The molecule has 1 aliphatic heterocycles. The van der Waals surface area contributed by atoms with Gasteiger partial charge in [-0.05, 0) is 25.0 Å². The van der Waals surface area contributed by atoms with Crippen molar-refractivity contribution in [3.63, 3.8) is 0 Å². The molecule has 0 amide bonds. The topological polar surface area (TPSA) is 66.8 Å². The van der Waals surface area contributed by atoms with Gasteiger partial charge in [-0.15, -0.1) is 0 Å². The van der Waals surface area contributed by atoms with Gasteiger partial charge in [-0.25, -0.2) is 9.67 Å². The lowest BCUT2D eigenvalue weighted by Gasteiger charge is -2.28. The third-order valence-corrected chi connectivity index (χ3v) is 6.22. The highest BCUT2D eigenvalue weighted by atomic mass is 16.1. The molecule has 150 valence electrons. The summed E-state index contributed by atoms with van der Waals surface area (Å²) in [7, 11) is 0. The monoisotopic (exact) mass is 389 g/mol. The van der Waals surface area contributed by atoms with Crippen LogP contribution in [0.25, 0.3) is 5.69 Å². The van der Waals surface area contributed by atoms with Crippen LogP contribution in [-0.2, 0) is 19.5 Å². The van der Waals surface area contributed by atoms with E-state index in [1.807, 2.05) is 41.2 Å². The maximum absolute atomic E-state index is 12.8. The van der Waals surface area contributed by atoms with Crippen molar-refractivity contribution in [3.05, 3.63) is 75.7 Å². The molecule has 0 radical (unpaired) electrons. The van der Waals surface area contributed by atoms with Crippen LogP contribution < -0.4 is 5.56 Å². The summed E-state index contributed by atoms with van der Waals surface area (Å²) in [6, 6.07) is 10.1. The van der Waals surface area contributed by atoms with Crippen molar-refractivity contribution in [2.75, 3.05) is 6.54 Å². The lowest BCUT2D eigenvalue weighted by atomic mass is 9.88. The molecule has 5 rings (SSSR count). The molecule has 0 spiro atoms. The summed E-state index contributed by atoms with van der Waals surface area (Å²) in [5.74, 6) is 1.36. The van der Waals surface area contributed by atoms with Crippen LogP contribution in [0.5, 0.6) is 0 Å². The number of fused-ring (bicyclic) bond motifs is 1. The first-order valence-corrected chi connectivity index (χ1v) is 10.7. The Hall–Kier alpha value is -2.73. The molecule has 1 fully saturated rings. The zero-order valence-corrected chi connectivity index (χ0v) is 16.7. The van der Waals surface area contributed by atoms with E-state index in [-0.39, 0.29) is 5.56 Å². The van der Waals surface area contributed by atoms with Crippen molar-refractivity contribution in [3.8, 4) is 5.69 Å². The van der Waals surface area contributed by atoms with Gasteiger partial charge in [0.05, 0.1) is 23.1 Å². The predicted molar refractivity (Wildman–Crippen MR) is 112 cm³/mol. The molecule has 0 unspecified atom stereocenters. The average Bonchev–Trinajstić information content (AvgIpc) is 3.24. The first kappa shape index (κ1) is 18.3. The van der Waals surface area contributed by atoms with E-state index < -0.39 is 0 Å².